The van der Waals surface area contributed by atoms with Gasteiger partial charge in [-0.3, -0.25) is 4.79 Å². The molecular weight excluding hydrogens is 292 g/mol. The summed E-state index contributed by atoms with van der Waals surface area (Å²) >= 11 is 0. The van der Waals surface area contributed by atoms with Crippen LogP contribution in [0.2, 0.25) is 0 Å². The lowest BCUT2D eigenvalue weighted by Gasteiger charge is -2.24. The molecule has 1 unspecified atom stereocenters. The van der Waals surface area contributed by atoms with Crippen molar-refractivity contribution in [3.8, 4) is 6.07 Å². The van der Waals surface area contributed by atoms with E-state index in [9.17, 15) is 10.1 Å². The predicted molar refractivity (Wildman–Crippen MR) is 85.0 cm³/mol. The summed E-state index contributed by atoms with van der Waals surface area (Å²) in [6.45, 7) is 2.50. The highest BCUT2D eigenvalue weighted by Crippen LogP contribution is 2.22. The van der Waals surface area contributed by atoms with Gasteiger partial charge in [-0.25, -0.2) is 0 Å². The quantitative estimate of drug-likeness (QED) is 0.836. The molecule has 1 atom stereocenters. The van der Waals surface area contributed by atoms with E-state index in [0.29, 0.717) is 12.1 Å². The molecule has 0 bridgehead atoms. The highest BCUT2D eigenvalue weighted by Gasteiger charge is 2.27. The maximum Gasteiger partial charge on any atom is 0.167 e. The first-order valence-corrected chi connectivity index (χ1v) is 7.49. The molecule has 1 aliphatic carbocycles. The minimum Gasteiger partial charge on any atom is -0.294 e. The monoisotopic (exact) mass is 308 g/mol. The number of nitriles is 1. The zero-order chi connectivity index (χ0) is 16.2. The first-order valence-electron chi connectivity index (χ1n) is 7.49. The third kappa shape index (κ3) is 2.97. The zero-order valence-electron chi connectivity index (χ0n) is 12.8. The van der Waals surface area contributed by atoms with Crippen LogP contribution in [0.25, 0.3) is 0 Å². The van der Waals surface area contributed by atoms with E-state index in [1.807, 2.05) is 12.2 Å². The fraction of sp³-hybridized carbons (Fsp3) is 0.312. The van der Waals surface area contributed by atoms with E-state index < -0.39 is 5.92 Å². The number of hydrogen-bond donors (Lipinski definition) is 0. The average molecular weight is 308 g/mol. The van der Waals surface area contributed by atoms with Gasteiger partial charge >= 0.3 is 0 Å². The van der Waals surface area contributed by atoms with Gasteiger partial charge in [0.2, 0.25) is 0 Å². The molecule has 7 heteroatoms. The van der Waals surface area contributed by atoms with Gasteiger partial charge in [0.05, 0.1) is 24.4 Å². The zero-order valence-corrected chi connectivity index (χ0v) is 12.8. The summed E-state index contributed by atoms with van der Waals surface area (Å²) in [6, 6.07) is 2.07. The average Bonchev–Trinajstić information content (AvgIpc) is 3.04. The van der Waals surface area contributed by atoms with Crippen molar-refractivity contribution in [2.75, 3.05) is 11.7 Å². The van der Waals surface area contributed by atoms with Crippen LogP contribution < -0.4 is 5.12 Å². The molecule has 0 fully saturated rings. The minimum atomic E-state index is -0.438. The van der Waals surface area contributed by atoms with Gasteiger partial charge in [0, 0.05) is 5.57 Å². The molecule has 2 heterocycles. The van der Waals surface area contributed by atoms with Gasteiger partial charge in [-0.1, -0.05) is 37.6 Å². The first-order chi connectivity index (χ1) is 11.2. The molecule has 0 N–H and O–H groups in total. The van der Waals surface area contributed by atoms with E-state index in [1.54, 1.807) is 23.5 Å². The van der Waals surface area contributed by atoms with E-state index in [-0.39, 0.29) is 11.5 Å². The summed E-state index contributed by atoms with van der Waals surface area (Å²) in [5, 5.41) is 23.4. The maximum atomic E-state index is 12.0. The molecule has 0 saturated heterocycles. The summed E-state index contributed by atoms with van der Waals surface area (Å²) in [5.74, 6) is -0.479. The SMILES string of the molecule is CCCc1cn(N2CC=C(C3C=CC=CC3=O)C(C#N)=N2)nn1. The van der Waals surface area contributed by atoms with Crippen LogP contribution >= 0.6 is 0 Å². The van der Waals surface area contributed by atoms with Crippen molar-refractivity contribution in [3.63, 3.8) is 0 Å². The fourth-order valence-corrected chi connectivity index (χ4v) is 2.53. The van der Waals surface area contributed by atoms with Crippen molar-refractivity contribution in [1.82, 2.24) is 15.1 Å². The number of hydrogen-bond acceptors (Lipinski definition) is 6. The van der Waals surface area contributed by atoms with E-state index in [0.717, 1.165) is 18.5 Å². The molecule has 1 aliphatic heterocycles. The highest BCUT2D eigenvalue weighted by molar-refractivity contribution is 6.16. The summed E-state index contributed by atoms with van der Waals surface area (Å²) in [5.41, 5.74) is 1.75. The van der Waals surface area contributed by atoms with Crippen LogP contribution in [-0.2, 0) is 11.2 Å². The largest absolute Gasteiger partial charge is 0.294 e. The number of aryl methyl sites for hydroxylation is 1. The van der Waals surface area contributed by atoms with Gasteiger partial charge < -0.3 is 0 Å². The highest BCUT2D eigenvalue weighted by atomic mass is 16.1. The molecule has 1 aromatic rings. The molecular formula is C16H16N6O. The normalized spacial score (nSPS) is 20.3. The predicted octanol–water partition coefficient (Wildman–Crippen LogP) is 1.30. The molecule has 7 nitrogen and oxygen atoms in total. The standard InChI is InChI=1S/C16H16N6O/c1-2-5-12-11-22(20-18-12)21-9-8-13(15(10-17)19-21)14-6-3-4-7-16(14)23/h3-4,6-8,11,14H,2,5,9H2,1H3. The third-order valence-corrected chi connectivity index (χ3v) is 3.66. The Kier molecular flexibility index (Phi) is 4.15. The van der Waals surface area contributed by atoms with Crippen molar-refractivity contribution < 1.29 is 4.79 Å². The smallest absolute Gasteiger partial charge is 0.167 e. The molecule has 2 aliphatic rings. The summed E-state index contributed by atoms with van der Waals surface area (Å²) in [7, 11) is 0. The van der Waals surface area contributed by atoms with E-state index in [2.05, 4.69) is 28.4 Å². The molecule has 0 saturated carbocycles. The Morgan fingerprint density at radius 2 is 2.30 bits per heavy atom. The van der Waals surface area contributed by atoms with Gasteiger partial charge in [-0.2, -0.15) is 10.4 Å². The van der Waals surface area contributed by atoms with Crippen LogP contribution in [0, 0.1) is 17.2 Å². The molecule has 1 aromatic heterocycles. The number of hydrazone groups is 1. The van der Waals surface area contributed by atoms with Gasteiger partial charge in [-0.05, 0) is 17.7 Å². The molecule has 0 aromatic carbocycles. The second-order valence-corrected chi connectivity index (χ2v) is 5.28. The fourth-order valence-electron chi connectivity index (χ4n) is 2.53. The number of ketones is 1. The van der Waals surface area contributed by atoms with Crippen LogP contribution in [0.5, 0.6) is 0 Å². The minimum absolute atomic E-state index is 0.0406. The second kappa shape index (κ2) is 6.40. The molecule has 0 radical (unpaired) electrons. The van der Waals surface area contributed by atoms with Crippen molar-refractivity contribution in [2.24, 2.45) is 11.0 Å². The Bertz CT molecular complexity index is 777. The molecule has 0 amide bonds. The summed E-state index contributed by atoms with van der Waals surface area (Å²) in [4.78, 5) is 13.5. The topological polar surface area (TPSA) is 87.2 Å². The van der Waals surface area contributed by atoms with Gasteiger partial charge in [0.25, 0.3) is 0 Å². The molecule has 3 rings (SSSR count). The summed E-state index contributed by atoms with van der Waals surface area (Å²) < 4.78 is 0. The lowest BCUT2D eigenvalue weighted by atomic mass is 9.88. The Morgan fingerprint density at radius 1 is 1.43 bits per heavy atom. The van der Waals surface area contributed by atoms with Gasteiger partial charge in [0.15, 0.2) is 11.5 Å². The number of carbonyl (C=O) groups is 1. The van der Waals surface area contributed by atoms with E-state index >= 15 is 0 Å². The van der Waals surface area contributed by atoms with Crippen LogP contribution in [0.3, 0.4) is 0 Å². The van der Waals surface area contributed by atoms with Gasteiger partial charge in [0.1, 0.15) is 6.07 Å². The van der Waals surface area contributed by atoms with Crippen molar-refractivity contribution in [3.05, 3.63) is 47.8 Å². The van der Waals surface area contributed by atoms with Crippen LogP contribution in [-0.4, -0.2) is 33.1 Å². The molecule has 0 spiro atoms. The Morgan fingerprint density at radius 3 is 3.04 bits per heavy atom. The number of nitrogens with zero attached hydrogens (tertiary/aromatic N) is 6. The first kappa shape index (κ1) is 14.9. The summed E-state index contributed by atoms with van der Waals surface area (Å²) in [6.07, 6.45) is 12.3. The van der Waals surface area contributed by atoms with Crippen molar-refractivity contribution >= 4 is 11.5 Å². The Hall–Kier alpha value is -3.01. The number of rotatable bonds is 4. The Labute approximate surface area is 133 Å². The second-order valence-electron chi connectivity index (χ2n) is 5.28. The van der Waals surface area contributed by atoms with Crippen molar-refractivity contribution in [2.45, 2.75) is 19.8 Å². The number of aromatic nitrogens is 3. The molecule has 23 heavy (non-hydrogen) atoms. The lowest BCUT2D eigenvalue weighted by molar-refractivity contribution is -0.116. The number of carbonyl (C=O) groups excluding carboxylic acids is 1. The van der Waals surface area contributed by atoms with Crippen LogP contribution in [0.4, 0.5) is 0 Å². The maximum absolute atomic E-state index is 12.0. The lowest BCUT2D eigenvalue weighted by Crippen LogP contribution is -2.36. The van der Waals surface area contributed by atoms with E-state index in [1.165, 1.54) is 10.9 Å². The van der Waals surface area contributed by atoms with Crippen LogP contribution in [0.15, 0.2) is 47.3 Å². The molecule has 116 valence electrons. The third-order valence-electron chi connectivity index (χ3n) is 3.66. The van der Waals surface area contributed by atoms with Crippen molar-refractivity contribution in [1.29, 1.82) is 5.26 Å². The number of allylic oxidation sites excluding steroid dienone is 5. The Balaban J connectivity index is 1.83. The van der Waals surface area contributed by atoms with E-state index in [4.69, 9.17) is 0 Å². The van der Waals surface area contributed by atoms with Gasteiger partial charge in [-0.15, -0.1) is 15.0 Å². The van der Waals surface area contributed by atoms with Crippen LogP contribution in [0.1, 0.15) is 19.0 Å².